The van der Waals surface area contributed by atoms with Crippen molar-refractivity contribution in [3.8, 4) is 0 Å². The van der Waals surface area contributed by atoms with Gasteiger partial charge in [-0.1, -0.05) is 18.2 Å². The SMILES string of the molecule is C=CC1CC(=O)N(c2cccc(C(C)=O)c2)C1. The van der Waals surface area contributed by atoms with Gasteiger partial charge in [-0.2, -0.15) is 0 Å². The van der Waals surface area contributed by atoms with Crippen LogP contribution in [-0.2, 0) is 4.79 Å². The third-order valence-corrected chi connectivity index (χ3v) is 3.05. The maximum atomic E-state index is 11.8. The van der Waals surface area contributed by atoms with Crippen LogP contribution < -0.4 is 4.90 Å². The molecule has 0 bridgehead atoms. The van der Waals surface area contributed by atoms with Crippen LogP contribution in [0.2, 0.25) is 0 Å². The van der Waals surface area contributed by atoms with E-state index in [-0.39, 0.29) is 17.6 Å². The van der Waals surface area contributed by atoms with E-state index in [1.54, 1.807) is 23.1 Å². The molecule has 1 aliphatic heterocycles. The van der Waals surface area contributed by atoms with Gasteiger partial charge in [0.1, 0.15) is 0 Å². The number of amides is 1. The number of Topliss-reactive ketones (excluding diaryl/α,β-unsaturated/α-hetero) is 1. The van der Waals surface area contributed by atoms with Crippen LogP contribution >= 0.6 is 0 Å². The molecule has 0 saturated carbocycles. The number of ketones is 1. The molecular weight excluding hydrogens is 214 g/mol. The van der Waals surface area contributed by atoms with E-state index in [1.807, 2.05) is 12.1 Å². The summed E-state index contributed by atoms with van der Waals surface area (Å²) in [4.78, 5) is 24.8. The first-order chi connectivity index (χ1) is 8.11. The van der Waals surface area contributed by atoms with Gasteiger partial charge in [0.25, 0.3) is 0 Å². The molecule has 0 N–H and O–H groups in total. The fraction of sp³-hybridized carbons (Fsp3) is 0.286. The van der Waals surface area contributed by atoms with Crippen molar-refractivity contribution in [1.82, 2.24) is 0 Å². The zero-order chi connectivity index (χ0) is 12.4. The molecule has 1 aromatic rings. The Kier molecular flexibility index (Phi) is 3.09. The normalized spacial score (nSPS) is 19.5. The molecule has 1 heterocycles. The van der Waals surface area contributed by atoms with E-state index in [9.17, 15) is 9.59 Å². The summed E-state index contributed by atoms with van der Waals surface area (Å²) in [5.74, 6) is 0.317. The lowest BCUT2D eigenvalue weighted by atomic mass is 10.1. The molecule has 1 saturated heterocycles. The molecule has 2 rings (SSSR count). The van der Waals surface area contributed by atoms with E-state index in [2.05, 4.69) is 6.58 Å². The molecule has 3 nitrogen and oxygen atoms in total. The standard InChI is InChI=1S/C14H15NO2/c1-3-11-7-14(17)15(9-11)13-6-4-5-12(8-13)10(2)16/h3-6,8,11H,1,7,9H2,2H3. The Morgan fingerprint density at radius 1 is 1.53 bits per heavy atom. The Hall–Kier alpha value is -1.90. The summed E-state index contributed by atoms with van der Waals surface area (Å²) in [6.45, 7) is 5.90. The summed E-state index contributed by atoms with van der Waals surface area (Å²) in [6.07, 6.45) is 2.32. The van der Waals surface area contributed by atoms with Gasteiger partial charge >= 0.3 is 0 Å². The summed E-state index contributed by atoms with van der Waals surface area (Å²) in [7, 11) is 0. The van der Waals surface area contributed by atoms with Gasteiger partial charge in [-0.05, 0) is 19.1 Å². The third-order valence-electron chi connectivity index (χ3n) is 3.05. The van der Waals surface area contributed by atoms with Crippen LogP contribution in [0.5, 0.6) is 0 Å². The van der Waals surface area contributed by atoms with Gasteiger partial charge < -0.3 is 4.90 Å². The predicted molar refractivity (Wildman–Crippen MR) is 67.1 cm³/mol. The Bertz CT molecular complexity index is 479. The van der Waals surface area contributed by atoms with Crippen LogP contribution in [0.25, 0.3) is 0 Å². The van der Waals surface area contributed by atoms with Gasteiger partial charge in [0.15, 0.2) is 5.78 Å². The molecule has 1 atom stereocenters. The highest BCUT2D eigenvalue weighted by Crippen LogP contribution is 2.26. The van der Waals surface area contributed by atoms with Crippen molar-refractivity contribution in [3.05, 3.63) is 42.5 Å². The lowest BCUT2D eigenvalue weighted by molar-refractivity contribution is -0.117. The number of nitrogens with zero attached hydrogens (tertiary/aromatic N) is 1. The number of rotatable bonds is 3. The molecule has 3 heteroatoms. The maximum Gasteiger partial charge on any atom is 0.227 e. The fourth-order valence-corrected chi connectivity index (χ4v) is 2.04. The summed E-state index contributed by atoms with van der Waals surface area (Å²) >= 11 is 0. The molecule has 0 aromatic heterocycles. The average Bonchev–Trinajstić information content (AvgIpc) is 2.71. The van der Waals surface area contributed by atoms with Gasteiger partial charge in [0, 0.05) is 30.1 Å². The Balaban J connectivity index is 2.28. The molecule has 1 unspecified atom stereocenters. The number of carbonyl (C=O) groups is 2. The zero-order valence-electron chi connectivity index (χ0n) is 9.85. The van der Waals surface area contributed by atoms with E-state index in [1.165, 1.54) is 6.92 Å². The second kappa shape index (κ2) is 4.53. The lowest BCUT2D eigenvalue weighted by Crippen LogP contribution is -2.24. The second-order valence-corrected chi connectivity index (χ2v) is 4.31. The molecule has 1 amide bonds. The van der Waals surface area contributed by atoms with Gasteiger partial charge in [-0.3, -0.25) is 9.59 Å². The Morgan fingerprint density at radius 3 is 2.88 bits per heavy atom. The van der Waals surface area contributed by atoms with Crippen LogP contribution in [0, 0.1) is 5.92 Å². The van der Waals surface area contributed by atoms with Gasteiger partial charge in [-0.15, -0.1) is 6.58 Å². The number of carbonyl (C=O) groups excluding carboxylic acids is 2. The first kappa shape index (κ1) is 11.6. The highest BCUT2D eigenvalue weighted by molar-refractivity contribution is 5.99. The second-order valence-electron chi connectivity index (χ2n) is 4.31. The van der Waals surface area contributed by atoms with Gasteiger partial charge in [0.05, 0.1) is 0 Å². The van der Waals surface area contributed by atoms with E-state index < -0.39 is 0 Å². The van der Waals surface area contributed by atoms with Crippen LogP contribution in [0.1, 0.15) is 23.7 Å². The van der Waals surface area contributed by atoms with E-state index in [0.717, 1.165) is 5.69 Å². The molecule has 1 aromatic carbocycles. The zero-order valence-corrected chi connectivity index (χ0v) is 9.85. The molecular formula is C14H15NO2. The minimum Gasteiger partial charge on any atom is -0.312 e. The van der Waals surface area contributed by atoms with Crippen LogP contribution in [-0.4, -0.2) is 18.2 Å². The van der Waals surface area contributed by atoms with Crippen molar-refractivity contribution < 1.29 is 9.59 Å². The van der Waals surface area contributed by atoms with E-state index in [4.69, 9.17) is 0 Å². The molecule has 17 heavy (non-hydrogen) atoms. The lowest BCUT2D eigenvalue weighted by Gasteiger charge is -2.16. The summed E-state index contributed by atoms with van der Waals surface area (Å²) < 4.78 is 0. The topological polar surface area (TPSA) is 37.4 Å². The van der Waals surface area contributed by atoms with Crippen molar-refractivity contribution in [2.24, 2.45) is 5.92 Å². The number of hydrogen-bond donors (Lipinski definition) is 0. The molecule has 0 spiro atoms. The van der Waals surface area contributed by atoms with Crippen LogP contribution in [0.15, 0.2) is 36.9 Å². The number of benzene rings is 1. The molecule has 1 fully saturated rings. The van der Waals surface area contributed by atoms with Crippen molar-refractivity contribution in [2.45, 2.75) is 13.3 Å². The summed E-state index contributed by atoms with van der Waals surface area (Å²) in [6, 6.07) is 7.19. The average molecular weight is 229 g/mol. The summed E-state index contributed by atoms with van der Waals surface area (Å²) in [5, 5.41) is 0. The van der Waals surface area contributed by atoms with Crippen molar-refractivity contribution in [1.29, 1.82) is 0 Å². The van der Waals surface area contributed by atoms with Gasteiger partial charge in [-0.25, -0.2) is 0 Å². The minimum atomic E-state index is 0.0127. The first-order valence-corrected chi connectivity index (χ1v) is 5.65. The van der Waals surface area contributed by atoms with Crippen molar-refractivity contribution in [3.63, 3.8) is 0 Å². The third kappa shape index (κ3) is 2.28. The quantitative estimate of drug-likeness (QED) is 0.589. The molecule has 88 valence electrons. The minimum absolute atomic E-state index is 0.0127. The Labute approximate surface area is 101 Å². The number of hydrogen-bond acceptors (Lipinski definition) is 2. The highest BCUT2D eigenvalue weighted by atomic mass is 16.2. The monoisotopic (exact) mass is 229 g/mol. The van der Waals surface area contributed by atoms with Crippen molar-refractivity contribution in [2.75, 3.05) is 11.4 Å². The van der Waals surface area contributed by atoms with E-state index in [0.29, 0.717) is 18.5 Å². The highest BCUT2D eigenvalue weighted by Gasteiger charge is 2.28. The van der Waals surface area contributed by atoms with Crippen molar-refractivity contribution >= 4 is 17.4 Å². The first-order valence-electron chi connectivity index (χ1n) is 5.65. The molecule has 0 aliphatic carbocycles. The maximum absolute atomic E-state index is 11.8. The predicted octanol–water partition coefficient (Wildman–Crippen LogP) is 2.43. The van der Waals surface area contributed by atoms with Gasteiger partial charge in [0.2, 0.25) is 5.91 Å². The van der Waals surface area contributed by atoms with Crippen LogP contribution in [0.4, 0.5) is 5.69 Å². The smallest absolute Gasteiger partial charge is 0.227 e. The molecule has 0 radical (unpaired) electrons. The largest absolute Gasteiger partial charge is 0.312 e. The summed E-state index contributed by atoms with van der Waals surface area (Å²) in [5.41, 5.74) is 1.43. The Morgan fingerprint density at radius 2 is 2.29 bits per heavy atom. The molecule has 1 aliphatic rings. The fourth-order valence-electron chi connectivity index (χ4n) is 2.04. The van der Waals surface area contributed by atoms with E-state index >= 15 is 0 Å². The number of anilines is 1. The van der Waals surface area contributed by atoms with Crippen LogP contribution in [0.3, 0.4) is 0 Å².